The van der Waals surface area contributed by atoms with Crippen LogP contribution in [0.3, 0.4) is 0 Å². The quantitative estimate of drug-likeness (QED) is 0.857. The zero-order chi connectivity index (χ0) is 16.9. The van der Waals surface area contributed by atoms with E-state index in [1.54, 1.807) is 0 Å². The predicted molar refractivity (Wildman–Crippen MR) is 96.2 cm³/mol. The summed E-state index contributed by atoms with van der Waals surface area (Å²) in [5, 5.41) is 3.55. The van der Waals surface area contributed by atoms with E-state index in [9.17, 15) is 4.79 Å². The summed E-state index contributed by atoms with van der Waals surface area (Å²) in [5.41, 5.74) is 0.535. The molecule has 1 N–H and O–H groups in total. The van der Waals surface area contributed by atoms with E-state index < -0.39 is 0 Å². The van der Waals surface area contributed by atoms with Gasteiger partial charge in [-0.15, -0.1) is 0 Å². The molecule has 0 aromatic carbocycles. The summed E-state index contributed by atoms with van der Waals surface area (Å²) in [6.45, 7) is 5.81. The van der Waals surface area contributed by atoms with E-state index in [1.807, 2.05) is 17.9 Å². The zero-order valence-corrected chi connectivity index (χ0v) is 15.1. The number of nitrogens with one attached hydrogen (secondary N) is 1. The van der Waals surface area contributed by atoms with E-state index in [1.165, 1.54) is 38.5 Å². The summed E-state index contributed by atoms with van der Waals surface area (Å²) >= 11 is 0. The number of nitrogens with zero attached hydrogens (tertiary/aromatic N) is 3. The van der Waals surface area contributed by atoms with Gasteiger partial charge in [0.05, 0.1) is 0 Å². The van der Waals surface area contributed by atoms with E-state index >= 15 is 0 Å². The average Bonchev–Trinajstić information content (AvgIpc) is 2.83. The fourth-order valence-corrected chi connectivity index (χ4v) is 3.76. The van der Waals surface area contributed by atoms with Crippen molar-refractivity contribution in [1.29, 1.82) is 0 Å². The van der Waals surface area contributed by atoms with Gasteiger partial charge in [0.2, 0.25) is 0 Å². The number of likely N-dealkylation sites (tertiary alicyclic amines) is 1. The monoisotopic (exact) mass is 330 g/mol. The molecule has 2 fully saturated rings. The average molecular weight is 330 g/mol. The van der Waals surface area contributed by atoms with Gasteiger partial charge in [-0.05, 0) is 38.5 Å². The van der Waals surface area contributed by atoms with Crippen LogP contribution in [0.4, 0.5) is 5.82 Å². The SMILES string of the molecule is Cc1nc(NC2CCCCCC2)cc(C(=O)N2CCC(C)CC2)n1. The minimum absolute atomic E-state index is 0.0521. The maximum absolute atomic E-state index is 12.8. The molecule has 1 saturated carbocycles. The third-order valence-electron chi connectivity index (χ3n) is 5.34. The van der Waals surface area contributed by atoms with Crippen LogP contribution in [0.5, 0.6) is 0 Å². The largest absolute Gasteiger partial charge is 0.367 e. The Morgan fingerprint density at radius 3 is 2.42 bits per heavy atom. The summed E-state index contributed by atoms with van der Waals surface area (Å²) in [4.78, 5) is 23.6. The highest BCUT2D eigenvalue weighted by molar-refractivity contribution is 5.93. The first kappa shape index (κ1) is 17.2. The number of amides is 1. The van der Waals surface area contributed by atoms with E-state index in [4.69, 9.17) is 0 Å². The number of hydrogen-bond acceptors (Lipinski definition) is 4. The van der Waals surface area contributed by atoms with Gasteiger partial charge in [0.1, 0.15) is 17.3 Å². The van der Waals surface area contributed by atoms with Crippen molar-refractivity contribution in [3.05, 3.63) is 17.6 Å². The molecule has 1 amide bonds. The van der Waals surface area contributed by atoms with Crippen LogP contribution in [-0.4, -0.2) is 39.9 Å². The van der Waals surface area contributed by atoms with Crippen molar-refractivity contribution in [2.75, 3.05) is 18.4 Å². The number of rotatable bonds is 3. The Morgan fingerprint density at radius 1 is 1.08 bits per heavy atom. The minimum atomic E-state index is 0.0521. The van der Waals surface area contributed by atoms with E-state index in [0.29, 0.717) is 23.5 Å². The highest BCUT2D eigenvalue weighted by Gasteiger charge is 2.23. The van der Waals surface area contributed by atoms with Crippen molar-refractivity contribution in [2.45, 2.75) is 71.3 Å². The molecule has 1 aliphatic heterocycles. The highest BCUT2D eigenvalue weighted by Crippen LogP contribution is 2.22. The van der Waals surface area contributed by atoms with Gasteiger partial charge in [-0.25, -0.2) is 9.97 Å². The van der Waals surface area contributed by atoms with Gasteiger partial charge in [0, 0.05) is 25.2 Å². The van der Waals surface area contributed by atoms with Gasteiger partial charge in [-0.1, -0.05) is 32.6 Å². The molecule has 5 heteroatoms. The molecule has 2 heterocycles. The second kappa shape index (κ2) is 7.95. The first-order valence-corrected chi connectivity index (χ1v) is 9.53. The van der Waals surface area contributed by atoms with Gasteiger partial charge in [0.25, 0.3) is 5.91 Å². The Morgan fingerprint density at radius 2 is 1.75 bits per heavy atom. The molecule has 24 heavy (non-hydrogen) atoms. The molecule has 132 valence electrons. The standard InChI is InChI=1S/C19H30N4O/c1-14-9-11-23(12-10-14)19(24)17-13-18(21-15(2)20-17)22-16-7-5-3-4-6-8-16/h13-14,16H,3-12H2,1-2H3,(H,20,21,22). The van der Waals surface area contributed by atoms with E-state index in [0.717, 1.165) is 31.7 Å². The lowest BCUT2D eigenvalue weighted by Crippen LogP contribution is -2.38. The highest BCUT2D eigenvalue weighted by atomic mass is 16.2. The van der Waals surface area contributed by atoms with Crippen molar-refractivity contribution in [2.24, 2.45) is 5.92 Å². The minimum Gasteiger partial charge on any atom is -0.367 e. The van der Waals surface area contributed by atoms with Crippen LogP contribution in [0.2, 0.25) is 0 Å². The maximum atomic E-state index is 12.8. The van der Waals surface area contributed by atoms with Crippen LogP contribution in [0.25, 0.3) is 0 Å². The van der Waals surface area contributed by atoms with Crippen LogP contribution in [0.15, 0.2) is 6.07 Å². The Bertz CT molecular complexity index is 558. The molecule has 1 aromatic rings. The van der Waals surface area contributed by atoms with Gasteiger partial charge >= 0.3 is 0 Å². The first-order valence-electron chi connectivity index (χ1n) is 9.53. The van der Waals surface area contributed by atoms with E-state index in [2.05, 4.69) is 22.2 Å². The molecule has 1 aromatic heterocycles. The zero-order valence-electron chi connectivity index (χ0n) is 15.1. The third kappa shape index (κ3) is 4.46. The molecule has 0 atom stereocenters. The number of carbonyl (C=O) groups is 1. The molecular weight excluding hydrogens is 300 g/mol. The molecule has 2 aliphatic rings. The van der Waals surface area contributed by atoms with Crippen LogP contribution in [0, 0.1) is 12.8 Å². The molecular formula is C19H30N4O. The second-order valence-electron chi connectivity index (χ2n) is 7.49. The second-order valence-corrected chi connectivity index (χ2v) is 7.49. The van der Waals surface area contributed by atoms with Crippen molar-refractivity contribution >= 4 is 11.7 Å². The summed E-state index contributed by atoms with van der Waals surface area (Å²) in [6, 6.07) is 2.32. The Labute approximate surface area is 145 Å². The topological polar surface area (TPSA) is 58.1 Å². The summed E-state index contributed by atoms with van der Waals surface area (Å²) < 4.78 is 0. The van der Waals surface area contributed by atoms with Crippen molar-refractivity contribution < 1.29 is 4.79 Å². The Kier molecular flexibility index (Phi) is 5.69. The summed E-state index contributed by atoms with van der Waals surface area (Å²) in [7, 11) is 0. The molecule has 1 aliphatic carbocycles. The fraction of sp³-hybridized carbons (Fsp3) is 0.737. The van der Waals surface area contributed by atoms with Crippen molar-refractivity contribution in [1.82, 2.24) is 14.9 Å². The maximum Gasteiger partial charge on any atom is 0.272 e. The summed E-state index contributed by atoms with van der Waals surface area (Å²) in [5.74, 6) is 2.25. The lowest BCUT2D eigenvalue weighted by atomic mass is 9.99. The number of aryl methyl sites for hydroxylation is 1. The fourth-order valence-electron chi connectivity index (χ4n) is 3.76. The predicted octanol–water partition coefficient (Wildman–Crippen LogP) is 3.79. The molecule has 5 nitrogen and oxygen atoms in total. The van der Waals surface area contributed by atoms with E-state index in [-0.39, 0.29) is 5.91 Å². The van der Waals surface area contributed by atoms with Gasteiger partial charge in [-0.3, -0.25) is 4.79 Å². The first-order chi connectivity index (χ1) is 11.6. The molecule has 0 bridgehead atoms. The van der Waals surface area contributed by atoms with Gasteiger partial charge in [-0.2, -0.15) is 0 Å². The number of piperidine rings is 1. The molecule has 0 radical (unpaired) electrons. The van der Waals surface area contributed by atoms with Crippen LogP contribution < -0.4 is 5.32 Å². The van der Waals surface area contributed by atoms with Gasteiger partial charge in [0.15, 0.2) is 0 Å². The number of carbonyl (C=O) groups excluding carboxylic acids is 1. The Balaban J connectivity index is 1.69. The van der Waals surface area contributed by atoms with Crippen LogP contribution in [-0.2, 0) is 0 Å². The normalized spacial score (nSPS) is 20.7. The smallest absolute Gasteiger partial charge is 0.272 e. The lowest BCUT2D eigenvalue weighted by Gasteiger charge is -2.30. The van der Waals surface area contributed by atoms with Crippen LogP contribution in [0.1, 0.15) is 74.6 Å². The molecule has 0 spiro atoms. The summed E-state index contributed by atoms with van der Waals surface area (Å²) in [6.07, 6.45) is 9.77. The van der Waals surface area contributed by atoms with Gasteiger partial charge < -0.3 is 10.2 Å². The number of anilines is 1. The number of aromatic nitrogens is 2. The number of hydrogen-bond donors (Lipinski definition) is 1. The van der Waals surface area contributed by atoms with Crippen molar-refractivity contribution in [3.63, 3.8) is 0 Å². The molecule has 1 saturated heterocycles. The van der Waals surface area contributed by atoms with Crippen molar-refractivity contribution in [3.8, 4) is 0 Å². The molecule has 0 unspecified atom stereocenters. The third-order valence-corrected chi connectivity index (χ3v) is 5.34. The van der Waals surface area contributed by atoms with Crippen LogP contribution >= 0.6 is 0 Å². The molecule has 3 rings (SSSR count). The Hall–Kier alpha value is -1.65. The lowest BCUT2D eigenvalue weighted by molar-refractivity contribution is 0.0691.